The summed E-state index contributed by atoms with van der Waals surface area (Å²) in [6.45, 7) is 3.99. The zero-order valence-electron chi connectivity index (χ0n) is 11.2. The first-order valence-electron chi connectivity index (χ1n) is 6.36. The second-order valence-corrected chi connectivity index (χ2v) is 4.96. The highest BCUT2D eigenvalue weighted by Gasteiger charge is 2.09. The normalized spacial score (nSPS) is 14.4. The fourth-order valence-electron chi connectivity index (χ4n) is 2.32. The van der Waals surface area contributed by atoms with Crippen LogP contribution >= 0.6 is 0 Å². The molecule has 0 saturated heterocycles. The number of aliphatic hydroxyl groups is 1. The molecule has 2 aromatic carbocycles. The van der Waals surface area contributed by atoms with Gasteiger partial charge in [0.15, 0.2) is 0 Å². The Morgan fingerprint density at radius 3 is 2.39 bits per heavy atom. The van der Waals surface area contributed by atoms with Gasteiger partial charge >= 0.3 is 0 Å². The minimum Gasteiger partial charge on any atom is -0.497 e. The fourth-order valence-corrected chi connectivity index (χ4v) is 2.32. The molecule has 2 heteroatoms. The molecule has 96 valence electrons. The maximum absolute atomic E-state index is 9.45. The van der Waals surface area contributed by atoms with Crippen molar-refractivity contribution in [2.75, 3.05) is 7.11 Å². The third-order valence-electron chi connectivity index (χ3n) is 3.34. The number of ether oxygens (including phenoxy) is 1. The molecule has 0 spiro atoms. The Bertz CT molecular complexity index is 532. The third kappa shape index (κ3) is 2.82. The predicted molar refractivity (Wildman–Crippen MR) is 75.2 cm³/mol. The van der Waals surface area contributed by atoms with Crippen molar-refractivity contribution in [1.82, 2.24) is 0 Å². The van der Waals surface area contributed by atoms with Gasteiger partial charge < -0.3 is 9.84 Å². The molecule has 0 aliphatic carbocycles. The van der Waals surface area contributed by atoms with E-state index in [9.17, 15) is 5.11 Å². The smallest absolute Gasteiger partial charge is 0.119 e. The van der Waals surface area contributed by atoms with Gasteiger partial charge in [-0.1, -0.05) is 31.2 Å². The van der Waals surface area contributed by atoms with Crippen molar-refractivity contribution in [3.63, 3.8) is 0 Å². The molecule has 2 atom stereocenters. The Labute approximate surface area is 108 Å². The lowest BCUT2D eigenvalue weighted by Gasteiger charge is -2.14. The van der Waals surface area contributed by atoms with Gasteiger partial charge in [-0.25, -0.2) is 0 Å². The van der Waals surface area contributed by atoms with E-state index in [0.717, 1.165) is 12.2 Å². The maximum atomic E-state index is 9.45. The van der Waals surface area contributed by atoms with Crippen LogP contribution < -0.4 is 4.74 Å². The standard InChI is InChI=1S/C16H20O2/c1-11(8-12(2)17)13-4-5-15-10-16(18-3)7-6-14(15)9-13/h4-7,9-12,17H,8H2,1-3H3. The summed E-state index contributed by atoms with van der Waals surface area (Å²) in [5.41, 5.74) is 1.27. The highest BCUT2D eigenvalue weighted by molar-refractivity contribution is 5.84. The first kappa shape index (κ1) is 12.9. The molecule has 2 unspecified atom stereocenters. The molecule has 0 bridgehead atoms. The van der Waals surface area contributed by atoms with Gasteiger partial charge in [-0.3, -0.25) is 0 Å². The summed E-state index contributed by atoms with van der Waals surface area (Å²) < 4.78 is 5.22. The van der Waals surface area contributed by atoms with Gasteiger partial charge in [-0.05, 0) is 47.7 Å². The van der Waals surface area contributed by atoms with Crippen LogP contribution in [0, 0.1) is 0 Å². The largest absolute Gasteiger partial charge is 0.497 e. The Hall–Kier alpha value is -1.54. The minimum atomic E-state index is -0.258. The highest BCUT2D eigenvalue weighted by atomic mass is 16.5. The van der Waals surface area contributed by atoms with Crippen molar-refractivity contribution >= 4 is 10.8 Å². The van der Waals surface area contributed by atoms with Crippen LogP contribution in [0.25, 0.3) is 10.8 Å². The molecular formula is C16H20O2. The SMILES string of the molecule is COc1ccc2cc(C(C)CC(C)O)ccc2c1. The van der Waals surface area contributed by atoms with E-state index in [4.69, 9.17) is 4.74 Å². The van der Waals surface area contributed by atoms with Crippen molar-refractivity contribution in [3.05, 3.63) is 42.0 Å². The number of methoxy groups -OCH3 is 1. The number of rotatable bonds is 4. The van der Waals surface area contributed by atoms with Crippen molar-refractivity contribution in [3.8, 4) is 5.75 Å². The van der Waals surface area contributed by atoms with Gasteiger partial charge in [0, 0.05) is 0 Å². The van der Waals surface area contributed by atoms with E-state index >= 15 is 0 Å². The zero-order chi connectivity index (χ0) is 13.1. The molecule has 0 fully saturated rings. The molecule has 0 amide bonds. The lowest BCUT2D eigenvalue weighted by molar-refractivity contribution is 0.176. The summed E-state index contributed by atoms with van der Waals surface area (Å²) in [4.78, 5) is 0. The van der Waals surface area contributed by atoms with E-state index in [2.05, 4.69) is 31.2 Å². The van der Waals surface area contributed by atoms with E-state index in [1.807, 2.05) is 19.1 Å². The molecule has 0 aliphatic rings. The second-order valence-electron chi connectivity index (χ2n) is 4.96. The van der Waals surface area contributed by atoms with Crippen molar-refractivity contribution in [2.24, 2.45) is 0 Å². The molecule has 18 heavy (non-hydrogen) atoms. The van der Waals surface area contributed by atoms with Crippen LogP contribution in [0.15, 0.2) is 36.4 Å². The second kappa shape index (κ2) is 5.40. The number of benzene rings is 2. The van der Waals surface area contributed by atoms with E-state index in [1.54, 1.807) is 7.11 Å². The van der Waals surface area contributed by atoms with E-state index in [0.29, 0.717) is 5.92 Å². The summed E-state index contributed by atoms with van der Waals surface area (Å²) in [6, 6.07) is 12.5. The lowest BCUT2D eigenvalue weighted by Crippen LogP contribution is -2.05. The van der Waals surface area contributed by atoms with E-state index < -0.39 is 0 Å². The van der Waals surface area contributed by atoms with Crippen molar-refractivity contribution in [2.45, 2.75) is 32.3 Å². The summed E-state index contributed by atoms with van der Waals surface area (Å²) in [6.07, 6.45) is 0.536. The number of hydrogen-bond acceptors (Lipinski definition) is 2. The molecule has 0 aromatic heterocycles. The quantitative estimate of drug-likeness (QED) is 0.888. The summed E-state index contributed by atoms with van der Waals surface area (Å²) in [5.74, 6) is 1.25. The molecule has 0 radical (unpaired) electrons. The molecule has 0 saturated carbocycles. The van der Waals surface area contributed by atoms with Gasteiger partial charge in [0.1, 0.15) is 5.75 Å². The minimum absolute atomic E-state index is 0.258. The van der Waals surface area contributed by atoms with Crippen LogP contribution in [0.5, 0.6) is 5.75 Å². The predicted octanol–water partition coefficient (Wildman–Crippen LogP) is 3.72. The maximum Gasteiger partial charge on any atom is 0.119 e. The first-order chi connectivity index (χ1) is 8.60. The molecule has 1 N–H and O–H groups in total. The van der Waals surface area contributed by atoms with Crippen LogP contribution in [-0.4, -0.2) is 18.3 Å². The van der Waals surface area contributed by atoms with Crippen LogP contribution in [0.2, 0.25) is 0 Å². The van der Waals surface area contributed by atoms with Crippen LogP contribution in [0.4, 0.5) is 0 Å². The van der Waals surface area contributed by atoms with E-state index in [1.165, 1.54) is 16.3 Å². The zero-order valence-corrected chi connectivity index (χ0v) is 11.2. The molecule has 0 aliphatic heterocycles. The molecule has 2 aromatic rings. The van der Waals surface area contributed by atoms with E-state index in [-0.39, 0.29) is 6.10 Å². The van der Waals surface area contributed by atoms with Gasteiger partial charge in [0.05, 0.1) is 13.2 Å². The Kier molecular flexibility index (Phi) is 3.87. The topological polar surface area (TPSA) is 29.5 Å². The Morgan fingerprint density at radius 2 is 1.72 bits per heavy atom. The summed E-state index contributed by atoms with van der Waals surface area (Å²) in [5, 5.41) is 11.8. The van der Waals surface area contributed by atoms with Crippen LogP contribution in [0.3, 0.4) is 0 Å². The Morgan fingerprint density at radius 1 is 1.06 bits per heavy atom. The molecular weight excluding hydrogens is 224 g/mol. The van der Waals surface area contributed by atoms with Crippen molar-refractivity contribution in [1.29, 1.82) is 0 Å². The average Bonchev–Trinajstić information content (AvgIpc) is 2.36. The van der Waals surface area contributed by atoms with Crippen molar-refractivity contribution < 1.29 is 9.84 Å². The third-order valence-corrected chi connectivity index (χ3v) is 3.34. The average molecular weight is 244 g/mol. The van der Waals surface area contributed by atoms with Gasteiger partial charge in [0.2, 0.25) is 0 Å². The Balaban J connectivity index is 2.33. The lowest BCUT2D eigenvalue weighted by atomic mass is 9.93. The monoisotopic (exact) mass is 244 g/mol. The molecule has 0 heterocycles. The van der Waals surface area contributed by atoms with Gasteiger partial charge in [-0.2, -0.15) is 0 Å². The summed E-state index contributed by atoms with van der Waals surface area (Å²) >= 11 is 0. The van der Waals surface area contributed by atoms with Crippen LogP contribution in [-0.2, 0) is 0 Å². The van der Waals surface area contributed by atoms with Crippen LogP contribution in [0.1, 0.15) is 31.7 Å². The van der Waals surface area contributed by atoms with Gasteiger partial charge in [-0.15, -0.1) is 0 Å². The number of hydrogen-bond donors (Lipinski definition) is 1. The number of aliphatic hydroxyl groups excluding tert-OH is 1. The van der Waals surface area contributed by atoms with Gasteiger partial charge in [0.25, 0.3) is 0 Å². The fraction of sp³-hybridized carbons (Fsp3) is 0.375. The number of fused-ring (bicyclic) bond motifs is 1. The molecule has 2 nitrogen and oxygen atoms in total. The molecule has 2 rings (SSSR count). The highest BCUT2D eigenvalue weighted by Crippen LogP contribution is 2.27. The summed E-state index contributed by atoms with van der Waals surface area (Å²) in [7, 11) is 1.68. The first-order valence-corrected chi connectivity index (χ1v) is 6.36.